The van der Waals surface area contributed by atoms with Gasteiger partial charge in [0.1, 0.15) is 17.0 Å². The highest BCUT2D eigenvalue weighted by Gasteiger charge is 2.15. The molecule has 1 fully saturated rings. The van der Waals surface area contributed by atoms with Gasteiger partial charge in [0.25, 0.3) is 6.01 Å². The highest BCUT2D eigenvalue weighted by molar-refractivity contribution is 7.22. The summed E-state index contributed by atoms with van der Waals surface area (Å²) < 4.78 is 13.1. The number of piperidine rings is 1. The molecule has 1 saturated heterocycles. The molecule has 1 N–H and O–H groups in total. The number of likely N-dealkylation sites (tertiary alicyclic amines) is 1. The van der Waals surface area contributed by atoms with Crippen LogP contribution in [-0.2, 0) is 6.54 Å². The molecule has 0 bridgehead atoms. The fourth-order valence-electron chi connectivity index (χ4n) is 4.97. The zero-order valence-electron chi connectivity index (χ0n) is 21.6. The van der Waals surface area contributed by atoms with Gasteiger partial charge in [-0.05, 0) is 80.0 Å². The summed E-state index contributed by atoms with van der Waals surface area (Å²) in [5, 5.41) is 3.84. The number of thiophene rings is 1. The molecule has 0 saturated carbocycles. The zero-order chi connectivity index (χ0) is 26.9. The number of hydrogen-bond acceptors (Lipinski definition) is 8. The monoisotopic (exact) mass is 567 g/mol. The van der Waals surface area contributed by atoms with Gasteiger partial charge in [-0.15, -0.1) is 11.3 Å². The molecule has 1 aliphatic heterocycles. The number of aromatic nitrogens is 3. The Kier molecular flexibility index (Phi) is 6.81. The molecule has 1 aliphatic rings. The Labute approximate surface area is 240 Å². The molecule has 7 nitrogen and oxygen atoms in total. The van der Waals surface area contributed by atoms with E-state index in [1.165, 1.54) is 37.9 Å². The molecule has 4 aromatic heterocycles. The molecule has 6 aromatic rings. The molecule has 9 heteroatoms. The van der Waals surface area contributed by atoms with Crippen LogP contribution in [0.1, 0.15) is 24.8 Å². The van der Waals surface area contributed by atoms with Crippen LogP contribution in [0.2, 0.25) is 5.02 Å². The number of ether oxygens (including phenoxy) is 1. The van der Waals surface area contributed by atoms with Crippen molar-refractivity contribution >= 4 is 56.0 Å². The van der Waals surface area contributed by atoms with Gasteiger partial charge in [0.2, 0.25) is 0 Å². The largest absolute Gasteiger partial charge is 0.456 e. The lowest BCUT2D eigenvalue weighted by Crippen LogP contribution is -2.29. The fraction of sp³-hybridized carbons (Fsp3) is 0.194. The van der Waals surface area contributed by atoms with Gasteiger partial charge in [-0.2, -0.15) is 4.98 Å². The van der Waals surface area contributed by atoms with E-state index in [1.54, 1.807) is 17.5 Å². The summed E-state index contributed by atoms with van der Waals surface area (Å²) >= 11 is 7.61. The minimum Gasteiger partial charge on any atom is -0.456 e. The Morgan fingerprint density at radius 3 is 2.62 bits per heavy atom. The average Bonchev–Trinajstić information content (AvgIpc) is 3.60. The van der Waals surface area contributed by atoms with Crippen molar-refractivity contribution in [1.82, 2.24) is 19.9 Å². The van der Waals surface area contributed by atoms with Gasteiger partial charge in [-0.25, -0.2) is 0 Å². The second kappa shape index (κ2) is 10.9. The van der Waals surface area contributed by atoms with Gasteiger partial charge in [0.15, 0.2) is 5.58 Å². The van der Waals surface area contributed by atoms with Gasteiger partial charge >= 0.3 is 0 Å². The SMILES string of the molecule is Clc1ccc(Nc2nc3cc(Oc4ccnc5cc(-c6ccc(CN7CCCCC7)cn6)sc45)ccc3o2)cc1. The first-order chi connectivity index (χ1) is 19.7. The summed E-state index contributed by atoms with van der Waals surface area (Å²) in [5.41, 5.74) is 5.28. The Bertz CT molecular complexity index is 1780. The molecular weight excluding hydrogens is 542 g/mol. The van der Waals surface area contributed by atoms with Crippen molar-refractivity contribution in [3.05, 3.63) is 89.7 Å². The molecular formula is C31H26ClN5O2S. The molecule has 0 amide bonds. The number of benzene rings is 2. The van der Waals surface area contributed by atoms with Crippen molar-refractivity contribution in [2.75, 3.05) is 18.4 Å². The standard InChI is InChI=1S/C31H26ClN5O2S/c32-21-5-7-22(8-6-21)35-31-36-25-16-23(9-11-27(25)39-31)38-28-12-13-33-26-17-29(40-30(26)28)24-10-4-20(18-34-24)19-37-14-2-1-3-15-37/h4-13,16-18H,1-3,14-15,19H2,(H,35,36). The summed E-state index contributed by atoms with van der Waals surface area (Å²) in [6, 6.07) is 21.6. The normalized spacial score (nSPS) is 14.1. The maximum absolute atomic E-state index is 6.32. The summed E-state index contributed by atoms with van der Waals surface area (Å²) in [5.74, 6) is 1.41. The van der Waals surface area contributed by atoms with Crippen molar-refractivity contribution in [2.24, 2.45) is 0 Å². The van der Waals surface area contributed by atoms with E-state index < -0.39 is 0 Å². The van der Waals surface area contributed by atoms with Crippen LogP contribution in [0, 0.1) is 0 Å². The molecule has 0 spiro atoms. The molecule has 2 aromatic carbocycles. The number of rotatable bonds is 7. The van der Waals surface area contributed by atoms with Crippen molar-refractivity contribution in [3.63, 3.8) is 0 Å². The van der Waals surface area contributed by atoms with Crippen molar-refractivity contribution in [2.45, 2.75) is 25.8 Å². The third kappa shape index (κ3) is 5.38. The first kappa shape index (κ1) is 25.0. The van der Waals surface area contributed by atoms with Crippen LogP contribution >= 0.6 is 22.9 Å². The number of pyridine rings is 2. The first-order valence-electron chi connectivity index (χ1n) is 13.3. The first-order valence-corrected chi connectivity index (χ1v) is 14.5. The van der Waals surface area contributed by atoms with Crippen molar-refractivity contribution in [3.8, 4) is 22.1 Å². The highest BCUT2D eigenvalue weighted by Crippen LogP contribution is 2.39. The molecule has 200 valence electrons. The van der Waals surface area contributed by atoms with Gasteiger partial charge in [0.05, 0.1) is 20.8 Å². The van der Waals surface area contributed by atoms with E-state index in [-0.39, 0.29) is 0 Å². The van der Waals surface area contributed by atoms with E-state index in [9.17, 15) is 0 Å². The van der Waals surface area contributed by atoms with E-state index >= 15 is 0 Å². The Hall–Kier alpha value is -3.98. The molecule has 0 aliphatic carbocycles. The second-order valence-electron chi connectivity index (χ2n) is 9.91. The summed E-state index contributed by atoms with van der Waals surface area (Å²) in [4.78, 5) is 17.5. The van der Waals surface area contributed by atoms with Gasteiger partial charge in [0, 0.05) is 41.8 Å². The number of fused-ring (bicyclic) bond motifs is 2. The molecule has 40 heavy (non-hydrogen) atoms. The van der Waals surface area contributed by atoms with E-state index in [1.807, 2.05) is 54.7 Å². The summed E-state index contributed by atoms with van der Waals surface area (Å²) in [6.07, 6.45) is 7.70. The molecule has 5 heterocycles. The molecule has 0 atom stereocenters. The number of halogens is 1. The van der Waals surface area contributed by atoms with Crippen LogP contribution in [0.25, 0.3) is 31.9 Å². The number of anilines is 2. The van der Waals surface area contributed by atoms with E-state index in [4.69, 9.17) is 25.7 Å². The predicted octanol–water partition coefficient (Wildman–Crippen LogP) is 8.67. The number of hydrogen-bond donors (Lipinski definition) is 1. The van der Waals surface area contributed by atoms with E-state index in [0.29, 0.717) is 27.9 Å². The number of oxazole rings is 1. The fourth-order valence-corrected chi connectivity index (χ4v) is 6.14. The smallest absolute Gasteiger partial charge is 0.300 e. The maximum Gasteiger partial charge on any atom is 0.300 e. The third-order valence-corrected chi connectivity index (χ3v) is 8.40. The Balaban J connectivity index is 1.09. The lowest BCUT2D eigenvalue weighted by molar-refractivity contribution is 0.220. The second-order valence-corrected chi connectivity index (χ2v) is 11.4. The van der Waals surface area contributed by atoms with E-state index in [0.717, 1.165) is 38.8 Å². The summed E-state index contributed by atoms with van der Waals surface area (Å²) in [6.45, 7) is 3.32. The minimum absolute atomic E-state index is 0.401. The van der Waals surface area contributed by atoms with E-state index in [2.05, 4.69) is 38.4 Å². The van der Waals surface area contributed by atoms with Gasteiger partial charge in [-0.3, -0.25) is 14.9 Å². The predicted molar refractivity (Wildman–Crippen MR) is 161 cm³/mol. The number of nitrogens with one attached hydrogen (secondary N) is 1. The van der Waals surface area contributed by atoms with Crippen LogP contribution in [0.3, 0.4) is 0 Å². The van der Waals surface area contributed by atoms with Crippen LogP contribution in [0.15, 0.2) is 83.5 Å². The van der Waals surface area contributed by atoms with Gasteiger partial charge in [-0.1, -0.05) is 24.1 Å². The topological polar surface area (TPSA) is 76.3 Å². The van der Waals surface area contributed by atoms with Crippen LogP contribution in [0.4, 0.5) is 11.7 Å². The Morgan fingerprint density at radius 2 is 1.80 bits per heavy atom. The van der Waals surface area contributed by atoms with Crippen LogP contribution < -0.4 is 10.1 Å². The zero-order valence-corrected chi connectivity index (χ0v) is 23.2. The van der Waals surface area contributed by atoms with Crippen molar-refractivity contribution in [1.29, 1.82) is 0 Å². The number of nitrogens with zero attached hydrogens (tertiary/aromatic N) is 4. The minimum atomic E-state index is 0.401. The van der Waals surface area contributed by atoms with Gasteiger partial charge < -0.3 is 14.5 Å². The highest BCUT2D eigenvalue weighted by atomic mass is 35.5. The van der Waals surface area contributed by atoms with Crippen LogP contribution in [0.5, 0.6) is 11.5 Å². The third-order valence-electron chi connectivity index (χ3n) is 6.99. The quantitative estimate of drug-likeness (QED) is 0.207. The molecule has 7 rings (SSSR count). The average molecular weight is 568 g/mol. The Morgan fingerprint density at radius 1 is 0.925 bits per heavy atom. The van der Waals surface area contributed by atoms with Crippen molar-refractivity contribution < 1.29 is 9.15 Å². The summed E-state index contributed by atoms with van der Waals surface area (Å²) in [7, 11) is 0. The molecule has 0 unspecified atom stereocenters. The maximum atomic E-state index is 6.32. The lowest BCUT2D eigenvalue weighted by atomic mass is 10.1. The molecule has 0 radical (unpaired) electrons. The van der Waals surface area contributed by atoms with Crippen LogP contribution in [-0.4, -0.2) is 32.9 Å². The lowest BCUT2D eigenvalue weighted by Gasteiger charge is -2.26.